The van der Waals surface area contributed by atoms with Crippen molar-refractivity contribution in [2.75, 3.05) is 0 Å². The Bertz CT molecular complexity index is 338. The van der Waals surface area contributed by atoms with Crippen LogP contribution in [0.15, 0.2) is 30.3 Å². The fourth-order valence-corrected chi connectivity index (χ4v) is 1.07. The first-order chi connectivity index (χ1) is 6.22. The second-order valence-electron chi connectivity index (χ2n) is 2.73. The molecule has 0 bridgehead atoms. The van der Waals surface area contributed by atoms with E-state index in [-0.39, 0.29) is 4.65 Å². The maximum Gasteiger partial charge on any atom is 0.326 e. The van der Waals surface area contributed by atoms with Crippen LogP contribution in [0.1, 0.15) is 15.9 Å². The molecule has 0 atom stereocenters. The zero-order chi connectivity index (χ0) is 9.68. The standard InChI is InChI=1S/C10H7O2.Al.2H/c11-7-1-2-9-3-5-10(8-12)6-4-9;;;/h1-6,8H;;;/b2-1+;;;. The molecule has 0 saturated heterocycles. The first kappa shape index (κ1) is 9.92. The summed E-state index contributed by atoms with van der Waals surface area (Å²) in [5, 5.41) is 0. The average Bonchev–Trinajstić information content (AvgIpc) is 2.15. The van der Waals surface area contributed by atoms with Crippen LogP contribution in [0.3, 0.4) is 0 Å². The monoisotopic (exact) mass is 188 g/mol. The lowest BCUT2D eigenvalue weighted by atomic mass is 10.1. The van der Waals surface area contributed by atoms with E-state index in [1.54, 1.807) is 24.3 Å². The lowest BCUT2D eigenvalue weighted by Crippen LogP contribution is -1.87. The second kappa shape index (κ2) is 4.76. The summed E-state index contributed by atoms with van der Waals surface area (Å²) in [6.45, 7) is 0. The number of carbonyl (C=O) groups excluding carboxylic acids is 2. The van der Waals surface area contributed by atoms with Gasteiger partial charge in [-0.3, -0.25) is 4.79 Å². The molecule has 64 valence electrons. The molecular formula is C10H9AlO2. The predicted molar refractivity (Wildman–Crippen MR) is 54.4 cm³/mol. The fraction of sp³-hybridized carbons (Fsp3) is 0. The molecule has 1 aromatic carbocycles. The van der Waals surface area contributed by atoms with Crippen molar-refractivity contribution < 1.29 is 9.59 Å². The van der Waals surface area contributed by atoms with Crippen molar-refractivity contribution in [3.63, 3.8) is 0 Å². The Morgan fingerprint density at radius 3 is 2.15 bits per heavy atom. The van der Waals surface area contributed by atoms with Gasteiger partial charge in [-0.25, -0.2) is 0 Å². The largest absolute Gasteiger partial charge is 0.326 e. The molecule has 13 heavy (non-hydrogen) atoms. The maximum atomic E-state index is 10.7. The van der Waals surface area contributed by atoms with Crippen LogP contribution >= 0.6 is 0 Å². The van der Waals surface area contributed by atoms with Gasteiger partial charge in [-0.1, -0.05) is 30.3 Å². The molecule has 0 aliphatic carbocycles. The average molecular weight is 188 g/mol. The van der Waals surface area contributed by atoms with Gasteiger partial charge in [0.05, 0.1) is 4.65 Å². The van der Waals surface area contributed by atoms with E-state index >= 15 is 0 Å². The second-order valence-corrected chi connectivity index (χ2v) is 3.71. The van der Waals surface area contributed by atoms with Gasteiger partial charge >= 0.3 is 16.3 Å². The van der Waals surface area contributed by atoms with Gasteiger partial charge in [0.25, 0.3) is 0 Å². The van der Waals surface area contributed by atoms with Crippen molar-refractivity contribution in [2.24, 2.45) is 0 Å². The highest BCUT2D eigenvalue weighted by molar-refractivity contribution is 6.61. The van der Waals surface area contributed by atoms with E-state index in [0.717, 1.165) is 11.8 Å². The third-order valence-electron chi connectivity index (χ3n) is 1.58. The van der Waals surface area contributed by atoms with Crippen LogP contribution in [0.4, 0.5) is 0 Å². The number of allylic oxidation sites excluding steroid dienone is 1. The Kier molecular flexibility index (Phi) is 3.63. The first-order valence-corrected chi connectivity index (χ1v) is 4.96. The predicted octanol–water partition coefficient (Wildman–Crippen LogP) is 0.672. The molecule has 0 saturated carbocycles. The summed E-state index contributed by atoms with van der Waals surface area (Å²) in [5.41, 5.74) is 1.59. The number of rotatable bonds is 3. The van der Waals surface area contributed by atoms with Gasteiger partial charge in [0, 0.05) is 5.56 Å². The fourth-order valence-electron chi connectivity index (χ4n) is 0.899. The van der Waals surface area contributed by atoms with Crippen LogP contribution in [0.25, 0.3) is 6.08 Å². The van der Waals surface area contributed by atoms with Gasteiger partial charge in [-0.05, 0) is 11.6 Å². The minimum atomic E-state index is 0.152. The van der Waals surface area contributed by atoms with Crippen LogP contribution in [-0.4, -0.2) is 27.2 Å². The van der Waals surface area contributed by atoms with Crippen molar-refractivity contribution >= 4 is 33.3 Å². The third kappa shape index (κ3) is 3.37. The van der Waals surface area contributed by atoms with E-state index in [1.807, 2.05) is 12.1 Å². The van der Waals surface area contributed by atoms with E-state index in [9.17, 15) is 9.59 Å². The molecule has 0 aromatic heterocycles. The summed E-state index contributed by atoms with van der Waals surface area (Å²) in [6.07, 6.45) is 4.11. The van der Waals surface area contributed by atoms with Crippen molar-refractivity contribution in [3.8, 4) is 0 Å². The normalized spacial score (nSPS) is 10.2. The number of aldehydes is 1. The molecule has 0 radical (unpaired) electrons. The molecule has 0 fully saturated rings. The Morgan fingerprint density at radius 2 is 1.69 bits per heavy atom. The maximum absolute atomic E-state index is 10.7. The molecule has 0 unspecified atom stereocenters. The van der Waals surface area contributed by atoms with Crippen LogP contribution in [0, 0.1) is 0 Å². The molecule has 0 amide bonds. The summed E-state index contributed by atoms with van der Waals surface area (Å²) in [5.74, 6) is 0. The summed E-state index contributed by atoms with van der Waals surface area (Å²) in [7, 11) is 0. The van der Waals surface area contributed by atoms with Gasteiger partial charge in [0.1, 0.15) is 6.29 Å². The summed E-state index contributed by atoms with van der Waals surface area (Å²) in [6, 6.07) is 7.07. The number of benzene rings is 1. The SMILES string of the molecule is O=Cc1ccc(/C=C/[C](=O)[AlH2])cc1. The Labute approximate surface area is 84.7 Å². The molecule has 0 heterocycles. The van der Waals surface area contributed by atoms with E-state index in [0.29, 0.717) is 21.9 Å². The molecule has 0 aliphatic heterocycles. The molecule has 0 N–H and O–H groups in total. The van der Waals surface area contributed by atoms with Gasteiger partial charge in [-0.2, -0.15) is 0 Å². The quantitative estimate of drug-likeness (QED) is 0.397. The van der Waals surface area contributed by atoms with Crippen LogP contribution in [0.5, 0.6) is 0 Å². The molecule has 1 rings (SSSR count). The topological polar surface area (TPSA) is 34.1 Å². The molecule has 0 spiro atoms. The van der Waals surface area contributed by atoms with E-state index in [2.05, 4.69) is 0 Å². The van der Waals surface area contributed by atoms with Gasteiger partial charge in [0.15, 0.2) is 0 Å². The summed E-state index contributed by atoms with van der Waals surface area (Å²) >= 11 is 0.547. The van der Waals surface area contributed by atoms with Gasteiger partial charge < -0.3 is 4.79 Å². The smallest absolute Gasteiger partial charge is 0.317 e. The lowest BCUT2D eigenvalue weighted by Gasteiger charge is -1.92. The van der Waals surface area contributed by atoms with Crippen LogP contribution < -0.4 is 0 Å². The molecule has 2 nitrogen and oxygen atoms in total. The van der Waals surface area contributed by atoms with Crippen molar-refractivity contribution in [2.45, 2.75) is 0 Å². The molecule has 0 aliphatic rings. The highest BCUT2D eigenvalue weighted by Gasteiger charge is 1.89. The lowest BCUT2D eigenvalue weighted by molar-refractivity contribution is -0.107. The molecule has 3 heteroatoms. The Hall–Kier alpha value is -1.17. The van der Waals surface area contributed by atoms with Crippen molar-refractivity contribution in [1.29, 1.82) is 0 Å². The zero-order valence-corrected chi connectivity index (χ0v) is 9.36. The Morgan fingerprint density at radius 1 is 1.15 bits per heavy atom. The number of carbonyl (C=O) groups is 2. The van der Waals surface area contributed by atoms with Crippen LogP contribution in [-0.2, 0) is 4.79 Å². The first-order valence-electron chi connectivity index (χ1n) is 3.96. The summed E-state index contributed by atoms with van der Waals surface area (Å²) < 4.78 is 0.152. The minimum Gasteiger partial charge on any atom is -0.317 e. The minimum absolute atomic E-state index is 0.152. The molecular weight excluding hydrogens is 179 g/mol. The Balaban J connectivity index is 2.80. The van der Waals surface area contributed by atoms with Crippen molar-refractivity contribution in [1.82, 2.24) is 0 Å². The van der Waals surface area contributed by atoms with E-state index in [4.69, 9.17) is 0 Å². The summed E-state index contributed by atoms with van der Waals surface area (Å²) in [4.78, 5) is 21.0. The van der Waals surface area contributed by atoms with Crippen molar-refractivity contribution in [3.05, 3.63) is 41.5 Å². The zero-order valence-electron chi connectivity index (χ0n) is 7.36. The highest BCUT2D eigenvalue weighted by atomic mass is 27.0. The highest BCUT2D eigenvalue weighted by Crippen LogP contribution is 2.04. The van der Waals surface area contributed by atoms with E-state index in [1.165, 1.54) is 0 Å². The number of hydrogen-bond donors (Lipinski definition) is 0. The third-order valence-corrected chi connectivity index (χ3v) is 1.92. The molecule has 1 aromatic rings. The van der Waals surface area contributed by atoms with Gasteiger partial charge in [0.2, 0.25) is 0 Å². The van der Waals surface area contributed by atoms with Gasteiger partial charge in [-0.15, -0.1) is 0 Å². The van der Waals surface area contributed by atoms with E-state index < -0.39 is 0 Å². The number of hydrogen-bond acceptors (Lipinski definition) is 2. The van der Waals surface area contributed by atoms with Crippen LogP contribution in [0.2, 0.25) is 0 Å².